The summed E-state index contributed by atoms with van der Waals surface area (Å²) in [5, 5.41) is 60.0. The minimum Gasteiger partial charge on any atom is -0.463 e. The molecule has 0 bridgehead atoms. The standard InChI is InChI=1S/C16H26O14/c1-6(19)26-3-8-10(21)11(22)13(24)15(29-8)30-14-12(23)9(20)7(2-17)28-16(14)27-5-25-4-18/h4,7-17,20-24H,2-3,5H2,1H3/t7?,8?,9-,10-,11?,12?,13+,14+,15+,16?/m1/s1. The van der Waals surface area contributed by atoms with Crippen molar-refractivity contribution in [3.8, 4) is 0 Å². The van der Waals surface area contributed by atoms with E-state index in [1.807, 2.05) is 0 Å². The van der Waals surface area contributed by atoms with Gasteiger partial charge in [-0.3, -0.25) is 9.59 Å². The first-order valence-corrected chi connectivity index (χ1v) is 8.99. The van der Waals surface area contributed by atoms with Gasteiger partial charge < -0.3 is 59.1 Å². The summed E-state index contributed by atoms with van der Waals surface area (Å²) >= 11 is 0. The van der Waals surface area contributed by atoms with Gasteiger partial charge in [-0.05, 0) is 0 Å². The smallest absolute Gasteiger partial charge is 0.302 e. The second-order valence-corrected chi connectivity index (χ2v) is 6.67. The topological polar surface area (TPSA) is 211 Å². The van der Waals surface area contributed by atoms with Crippen molar-refractivity contribution < 1.29 is 68.6 Å². The van der Waals surface area contributed by atoms with Crippen LogP contribution in [0, 0.1) is 0 Å². The van der Waals surface area contributed by atoms with E-state index < -0.39 is 87.4 Å². The highest BCUT2D eigenvalue weighted by Crippen LogP contribution is 2.29. The van der Waals surface area contributed by atoms with Crippen molar-refractivity contribution in [2.45, 2.75) is 68.3 Å². The van der Waals surface area contributed by atoms with Gasteiger partial charge in [-0.25, -0.2) is 0 Å². The molecule has 0 amide bonds. The summed E-state index contributed by atoms with van der Waals surface area (Å²) < 4.78 is 30.3. The third-order valence-electron chi connectivity index (χ3n) is 4.60. The second-order valence-electron chi connectivity index (χ2n) is 6.67. The van der Waals surface area contributed by atoms with Crippen molar-refractivity contribution >= 4 is 12.4 Å². The van der Waals surface area contributed by atoms with Crippen LogP contribution < -0.4 is 0 Å². The summed E-state index contributed by atoms with van der Waals surface area (Å²) in [4.78, 5) is 21.3. The number of carbonyl (C=O) groups is 2. The molecule has 10 atom stereocenters. The lowest BCUT2D eigenvalue weighted by molar-refractivity contribution is -0.371. The summed E-state index contributed by atoms with van der Waals surface area (Å²) in [6, 6.07) is 0. The Labute approximate surface area is 170 Å². The minimum atomic E-state index is -1.81. The van der Waals surface area contributed by atoms with Gasteiger partial charge in [-0.1, -0.05) is 0 Å². The molecule has 0 radical (unpaired) electrons. The average Bonchev–Trinajstić information content (AvgIpc) is 2.72. The quantitative estimate of drug-likeness (QED) is 0.0858. The first-order chi connectivity index (χ1) is 14.2. The van der Waals surface area contributed by atoms with E-state index in [0.717, 1.165) is 6.92 Å². The van der Waals surface area contributed by atoms with Crippen LogP contribution >= 0.6 is 0 Å². The Balaban J connectivity index is 2.14. The van der Waals surface area contributed by atoms with E-state index in [1.165, 1.54) is 0 Å². The summed E-state index contributed by atoms with van der Waals surface area (Å²) in [5.74, 6) is -0.679. The first-order valence-electron chi connectivity index (χ1n) is 8.99. The normalized spacial score (nSPS) is 41.8. The molecule has 14 heteroatoms. The SMILES string of the molecule is CC(=O)OCC1O[C@@H](O[C@@H]2C(OCOC=O)OC(CO)[C@@H](O)C2O)[C@@H](O)C(O)[C@@H]1O. The van der Waals surface area contributed by atoms with Crippen molar-refractivity contribution in [3.63, 3.8) is 0 Å². The molecule has 2 aliphatic heterocycles. The predicted octanol–water partition coefficient (Wildman–Crippen LogP) is -4.67. The predicted molar refractivity (Wildman–Crippen MR) is 89.0 cm³/mol. The molecule has 0 saturated carbocycles. The van der Waals surface area contributed by atoms with E-state index in [-0.39, 0.29) is 6.47 Å². The molecule has 6 N–H and O–H groups in total. The van der Waals surface area contributed by atoms with Crippen LogP contribution in [-0.4, -0.2) is 124 Å². The summed E-state index contributed by atoms with van der Waals surface area (Å²) in [6.45, 7) is -0.575. The van der Waals surface area contributed by atoms with Crippen LogP contribution in [0.2, 0.25) is 0 Å². The van der Waals surface area contributed by atoms with E-state index in [0.29, 0.717) is 0 Å². The first kappa shape index (κ1) is 24.8. The summed E-state index contributed by atoms with van der Waals surface area (Å²) in [6.07, 6.45) is -15.8. The molecule has 2 rings (SSSR count). The molecule has 0 aromatic rings. The van der Waals surface area contributed by atoms with Crippen LogP contribution in [0.5, 0.6) is 0 Å². The Morgan fingerprint density at radius 1 is 0.933 bits per heavy atom. The maximum atomic E-state index is 11.0. The van der Waals surface area contributed by atoms with Gasteiger partial charge in [0.05, 0.1) is 6.61 Å². The van der Waals surface area contributed by atoms with E-state index in [1.54, 1.807) is 0 Å². The lowest BCUT2D eigenvalue weighted by Crippen LogP contribution is -2.64. The lowest BCUT2D eigenvalue weighted by Gasteiger charge is -2.45. The van der Waals surface area contributed by atoms with Gasteiger partial charge in [0, 0.05) is 6.92 Å². The minimum absolute atomic E-state index is 0.0822. The Morgan fingerprint density at radius 2 is 1.57 bits per heavy atom. The monoisotopic (exact) mass is 442 g/mol. The van der Waals surface area contributed by atoms with Crippen molar-refractivity contribution in [1.82, 2.24) is 0 Å². The zero-order chi connectivity index (χ0) is 22.4. The zero-order valence-electron chi connectivity index (χ0n) is 15.9. The van der Waals surface area contributed by atoms with Crippen LogP contribution in [-0.2, 0) is 38.0 Å². The highest BCUT2D eigenvalue weighted by Gasteiger charge is 2.51. The van der Waals surface area contributed by atoms with Crippen LogP contribution in [0.25, 0.3) is 0 Å². The average molecular weight is 442 g/mol. The van der Waals surface area contributed by atoms with Crippen LogP contribution in [0.3, 0.4) is 0 Å². The molecule has 2 saturated heterocycles. The highest BCUT2D eigenvalue weighted by atomic mass is 16.8. The number of aliphatic hydroxyl groups excluding tert-OH is 6. The van der Waals surface area contributed by atoms with E-state index >= 15 is 0 Å². The lowest BCUT2D eigenvalue weighted by atomic mass is 9.97. The van der Waals surface area contributed by atoms with Gasteiger partial charge >= 0.3 is 5.97 Å². The number of hydrogen-bond donors (Lipinski definition) is 6. The molecule has 0 aromatic heterocycles. The third kappa shape index (κ3) is 5.82. The molecule has 174 valence electrons. The molecule has 0 spiro atoms. The number of ether oxygens (including phenoxy) is 6. The van der Waals surface area contributed by atoms with Gasteiger partial charge in [0.15, 0.2) is 19.4 Å². The van der Waals surface area contributed by atoms with E-state index in [9.17, 15) is 40.2 Å². The molecule has 2 heterocycles. The zero-order valence-corrected chi connectivity index (χ0v) is 15.9. The van der Waals surface area contributed by atoms with Crippen molar-refractivity contribution in [3.05, 3.63) is 0 Å². The number of rotatable bonds is 9. The van der Waals surface area contributed by atoms with Gasteiger partial charge in [0.1, 0.15) is 55.4 Å². The van der Waals surface area contributed by atoms with Gasteiger partial charge in [0.2, 0.25) is 0 Å². The molecule has 5 unspecified atom stereocenters. The van der Waals surface area contributed by atoms with Gasteiger partial charge in [-0.2, -0.15) is 0 Å². The molecule has 30 heavy (non-hydrogen) atoms. The van der Waals surface area contributed by atoms with Crippen LogP contribution in [0.1, 0.15) is 6.92 Å². The Bertz CT molecular complexity index is 560. The number of esters is 1. The fourth-order valence-corrected chi connectivity index (χ4v) is 2.99. The van der Waals surface area contributed by atoms with Gasteiger partial charge in [-0.15, -0.1) is 0 Å². The fraction of sp³-hybridized carbons (Fsp3) is 0.875. The fourth-order valence-electron chi connectivity index (χ4n) is 2.99. The van der Waals surface area contributed by atoms with Crippen molar-refractivity contribution in [2.24, 2.45) is 0 Å². The molecule has 14 nitrogen and oxygen atoms in total. The third-order valence-corrected chi connectivity index (χ3v) is 4.60. The Hall–Kier alpha value is -1.46. The Morgan fingerprint density at radius 3 is 2.17 bits per heavy atom. The van der Waals surface area contributed by atoms with E-state index in [4.69, 9.17) is 23.7 Å². The number of carbonyl (C=O) groups excluding carboxylic acids is 2. The maximum Gasteiger partial charge on any atom is 0.302 e. The molecular weight excluding hydrogens is 416 g/mol. The largest absolute Gasteiger partial charge is 0.463 e. The van der Waals surface area contributed by atoms with Gasteiger partial charge in [0.25, 0.3) is 6.47 Å². The number of aliphatic hydroxyl groups is 6. The Kier molecular flexibility index (Phi) is 9.30. The summed E-state index contributed by atoms with van der Waals surface area (Å²) in [7, 11) is 0. The molecular formula is C16H26O14. The van der Waals surface area contributed by atoms with Crippen LogP contribution in [0.4, 0.5) is 0 Å². The summed E-state index contributed by atoms with van der Waals surface area (Å²) in [5.41, 5.74) is 0. The molecule has 0 aliphatic carbocycles. The molecule has 0 aromatic carbocycles. The van der Waals surface area contributed by atoms with Crippen LogP contribution in [0.15, 0.2) is 0 Å². The second kappa shape index (κ2) is 11.2. The van der Waals surface area contributed by atoms with Crippen molar-refractivity contribution in [2.75, 3.05) is 20.0 Å². The molecule has 2 aliphatic rings. The highest BCUT2D eigenvalue weighted by molar-refractivity contribution is 5.65. The van der Waals surface area contributed by atoms with Crippen molar-refractivity contribution in [1.29, 1.82) is 0 Å². The number of hydrogen-bond acceptors (Lipinski definition) is 14. The van der Waals surface area contributed by atoms with E-state index in [2.05, 4.69) is 4.74 Å². The molecule has 2 fully saturated rings. The maximum absolute atomic E-state index is 11.0.